The average Bonchev–Trinajstić information content (AvgIpc) is 3.61. The molecule has 0 fully saturated rings. The predicted octanol–water partition coefficient (Wildman–Crippen LogP) is 14.9. The van der Waals surface area contributed by atoms with Gasteiger partial charge in [0.1, 0.15) is 11.2 Å². The summed E-state index contributed by atoms with van der Waals surface area (Å²) in [4.78, 5) is 2.31. The molecule has 0 unspecified atom stereocenters. The Morgan fingerprint density at radius 3 is 1.07 bits per heavy atom. The van der Waals surface area contributed by atoms with E-state index in [0.717, 1.165) is 39.0 Å². The molecule has 0 saturated carbocycles. The quantitative estimate of drug-likeness (QED) is 0.166. The van der Waals surface area contributed by atoms with Gasteiger partial charge in [-0.05, 0) is 104 Å². The third kappa shape index (κ3) is 5.90. The fraction of sp³-hybridized carbons (Fsp3) is 0. The van der Waals surface area contributed by atoms with Crippen molar-refractivity contribution < 1.29 is 4.42 Å². The molecule has 0 atom stereocenters. The van der Waals surface area contributed by atoms with Crippen LogP contribution in [0.4, 0.5) is 17.1 Å². The van der Waals surface area contributed by atoms with Gasteiger partial charge in [0.25, 0.3) is 0 Å². The smallest absolute Gasteiger partial charge is 0.137 e. The Hall–Kier alpha value is -7.16. The lowest BCUT2D eigenvalue weighted by atomic mass is 9.99. The van der Waals surface area contributed by atoms with Crippen LogP contribution in [0.3, 0.4) is 0 Å². The molecule has 0 radical (unpaired) electrons. The number of hydrogen-bond donors (Lipinski definition) is 0. The summed E-state index contributed by atoms with van der Waals surface area (Å²) in [6, 6.07) is 75.8. The number of anilines is 3. The zero-order chi connectivity index (χ0) is 35.8. The van der Waals surface area contributed by atoms with Crippen molar-refractivity contribution >= 4 is 49.8 Å². The molecule has 10 aromatic rings. The molecule has 0 bridgehead atoms. The Morgan fingerprint density at radius 1 is 0.259 bits per heavy atom. The number of nitrogens with zero attached hydrogens (tertiary/aromatic N) is 1. The molecule has 254 valence electrons. The van der Waals surface area contributed by atoms with Crippen molar-refractivity contribution in [2.75, 3.05) is 4.90 Å². The highest BCUT2D eigenvalue weighted by Gasteiger charge is 2.17. The molecule has 54 heavy (non-hydrogen) atoms. The molecule has 2 nitrogen and oxygen atoms in total. The van der Waals surface area contributed by atoms with Crippen molar-refractivity contribution in [2.45, 2.75) is 0 Å². The van der Waals surface area contributed by atoms with E-state index in [-0.39, 0.29) is 0 Å². The summed E-state index contributed by atoms with van der Waals surface area (Å²) in [5.74, 6) is 0. The molecule has 1 heterocycles. The second-order valence-corrected chi connectivity index (χ2v) is 13.8. The summed E-state index contributed by atoms with van der Waals surface area (Å²) in [5, 5.41) is 4.63. The average molecular weight is 690 g/mol. The van der Waals surface area contributed by atoms with E-state index in [1.165, 1.54) is 55.3 Å². The van der Waals surface area contributed by atoms with Crippen LogP contribution < -0.4 is 4.90 Å². The fourth-order valence-electron chi connectivity index (χ4n) is 7.61. The van der Waals surface area contributed by atoms with Crippen LogP contribution in [0.5, 0.6) is 0 Å². The largest absolute Gasteiger partial charge is 0.456 e. The Bertz CT molecular complexity index is 2750. The van der Waals surface area contributed by atoms with Gasteiger partial charge < -0.3 is 9.32 Å². The normalized spacial score (nSPS) is 11.3. The van der Waals surface area contributed by atoms with Gasteiger partial charge in [0, 0.05) is 33.9 Å². The van der Waals surface area contributed by atoms with Crippen molar-refractivity contribution in [3.8, 4) is 44.5 Å². The van der Waals surface area contributed by atoms with Crippen LogP contribution in [0.25, 0.3) is 77.2 Å². The molecular formula is C52H35NO. The van der Waals surface area contributed by atoms with Crippen molar-refractivity contribution in [1.82, 2.24) is 0 Å². The number of rotatable bonds is 7. The van der Waals surface area contributed by atoms with Crippen LogP contribution >= 0.6 is 0 Å². The van der Waals surface area contributed by atoms with E-state index >= 15 is 0 Å². The number of benzene rings is 9. The maximum Gasteiger partial charge on any atom is 0.137 e. The van der Waals surface area contributed by atoms with Crippen LogP contribution in [-0.4, -0.2) is 0 Å². The molecule has 2 heteroatoms. The topological polar surface area (TPSA) is 16.4 Å². The van der Waals surface area contributed by atoms with Gasteiger partial charge >= 0.3 is 0 Å². The van der Waals surface area contributed by atoms with Crippen LogP contribution in [0, 0.1) is 0 Å². The van der Waals surface area contributed by atoms with E-state index < -0.39 is 0 Å². The summed E-state index contributed by atoms with van der Waals surface area (Å²) < 4.78 is 6.53. The highest BCUT2D eigenvalue weighted by Crippen LogP contribution is 2.40. The third-order valence-corrected chi connectivity index (χ3v) is 10.5. The first-order valence-electron chi connectivity index (χ1n) is 18.4. The summed E-state index contributed by atoms with van der Waals surface area (Å²) in [6.07, 6.45) is 0. The van der Waals surface area contributed by atoms with E-state index in [0.29, 0.717) is 0 Å². The van der Waals surface area contributed by atoms with Gasteiger partial charge in [-0.25, -0.2) is 0 Å². The lowest BCUT2D eigenvalue weighted by Crippen LogP contribution is -2.09. The summed E-state index contributed by atoms with van der Waals surface area (Å²) >= 11 is 0. The van der Waals surface area contributed by atoms with E-state index in [1.807, 2.05) is 0 Å². The van der Waals surface area contributed by atoms with Crippen LogP contribution in [0.2, 0.25) is 0 Å². The Balaban J connectivity index is 1.02. The molecule has 10 rings (SSSR count). The van der Waals surface area contributed by atoms with Gasteiger partial charge in [-0.1, -0.05) is 158 Å². The predicted molar refractivity (Wildman–Crippen MR) is 228 cm³/mol. The molecule has 0 spiro atoms. The van der Waals surface area contributed by atoms with E-state index in [1.54, 1.807) is 0 Å². The molecule has 0 aliphatic heterocycles. The highest BCUT2D eigenvalue weighted by molar-refractivity contribution is 6.10. The monoisotopic (exact) mass is 689 g/mol. The fourth-order valence-corrected chi connectivity index (χ4v) is 7.61. The third-order valence-electron chi connectivity index (χ3n) is 10.5. The minimum atomic E-state index is 0.869. The highest BCUT2D eigenvalue weighted by atomic mass is 16.3. The van der Waals surface area contributed by atoms with E-state index in [2.05, 4.69) is 217 Å². The second-order valence-electron chi connectivity index (χ2n) is 13.8. The SMILES string of the molecule is c1ccc(-c2ccc(-c3ccc(N(c4ccc(-c5ccc(-c6ccccc6)cc5)cc4)c4ccc5c(c4)oc4cc6ccccc6cc45)cc3)cc2)cc1. The molecule has 0 saturated heterocycles. The van der Waals surface area contributed by atoms with Crippen molar-refractivity contribution in [3.63, 3.8) is 0 Å². The Morgan fingerprint density at radius 2 is 0.611 bits per heavy atom. The van der Waals surface area contributed by atoms with Gasteiger partial charge in [0.15, 0.2) is 0 Å². The van der Waals surface area contributed by atoms with Crippen LogP contribution in [0.15, 0.2) is 217 Å². The maximum atomic E-state index is 6.53. The molecule has 0 amide bonds. The van der Waals surface area contributed by atoms with Crippen LogP contribution in [-0.2, 0) is 0 Å². The molecule has 9 aromatic carbocycles. The zero-order valence-corrected chi connectivity index (χ0v) is 29.6. The molecule has 0 aliphatic carbocycles. The molecule has 1 aromatic heterocycles. The summed E-state index contributed by atoms with van der Waals surface area (Å²) in [7, 11) is 0. The molecule has 0 N–H and O–H groups in total. The lowest BCUT2D eigenvalue weighted by molar-refractivity contribution is 0.669. The number of furan rings is 1. The van der Waals surface area contributed by atoms with Crippen molar-refractivity contribution in [3.05, 3.63) is 212 Å². The summed E-state index contributed by atoms with van der Waals surface area (Å²) in [6.45, 7) is 0. The first-order chi connectivity index (χ1) is 26.7. The van der Waals surface area contributed by atoms with Gasteiger partial charge in [-0.2, -0.15) is 0 Å². The van der Waals surface area contributed by atoms with Crippen molar-refractivity contribution in [1.29, 1.82) is 0 Å². The summed E-state index contributed by atoms with van der Waals surface area (Å²) in [5.41, 5.74) is 14.5. The number of hydrogen-bond acceptors (Lipinski definition) is 2. The van der Waals surface area contributed by atoms with Crippen molar-refractivity contribution in [2.24, 2.45) is 0 Å². The maximum absolute atomic E-state index is 6.53. The number of fused-ring (bicyclic) bond motifs is 4. The van der Waals surface area contributed by atoms with Gasteiger partial charge in [0.05, 0.1) is 0 Å². The molecular weight excluding hydrogens is 655 g/mol. The Kier molecular flexibility index (Phi) is 7.85. The molecule has 0 aliphatic rings. The zero-order valence-electron chi connectivity index (χ0n) is 29.6. The van der Waals surface area contributed by atoms with Gasteiger partial charge in [-0.15, -0.1) is 0 Å². The first-order valence-corrected chi connectivity index (χ1v) is 18.4. The van der Waals surface area contributed by atoms with E-state index in [4.69, 9.17) is 4.42 Å². The minimum absolute atomic E-state index is 0.869. The van der Waals surface area contributed by atoms with E-state index in [9.17, 15) is 0 Å². The van der Waals surface area contributed by atoms with Gasteiger partial charge in [-0.3, -0.25) is 0 Å². The van der Waals surface area contributed by atoms with Crippen LogP contribution in [0.1, 0.15) is 0 Å². The Labute approximate surface area is 314 Å². The first kappa shape index (κ1) is 31.6. The lowest BCUT2D eigenvalue weighted by Gasteiger charge is -2.26. The standard InChI is InChI=1S/C52H35NO/c1-3-9-36(10-4-1)38-15-19-40(20-16-38)42-23-27-46(28-24-42)53(47-29-25-43(26-30-47)41-21-17-39(18-22-41)37-11-5-2-6-12-37)48-31-32-49-50-33-44-13-7-8-14-45(44)34-51(50)54-52(49)35-48/h1-35H. The minimum Gasteiger partial charge on any atom is -0.456 e. The van der Waals surface area contributed by atoms with Gasteiger partial charge in [0.2, 0.25) is 0 Å². The second kappa shape index (κ2) is 13.4.